The van der Waals surface area contributed by atoms with Crippen LogP contribution in [0.1, 0.15) is 148 Å². The Balaban J connectivity index is 1.35. The molecule has 0 radical (unpaired) electrons. The van der Waals surface area contributed by atoms with Gasteiger partial charge in [0.1, 0.15) is 11.5 Å². The first kappa shape index (κ1) is 38.9. The molecule has 6 nitrogen and oxygen atoms in total. The summed E-state index contributed by atoms with van der Waals surface area (Å²) in [6.07, 6.45) is 18.1. The molecule has 7 heteroatoms. The lowest BCUT2D eigenvalue weighted by molar-refractivity contribution is 0.0319. The summed E-state index contributed by atoms with van der Waals surface area (Å²) >= 11 is 1.10. The van der Waals surface area contributed by atoms with Gasteiger partial charge in [0.2, 0.25) is 5.12 Å². The zero-order valence-electron chi connectivity index (χ0n) is 29.2. The maximum absolute atomic E-state index is 12.8. The summed E-state index contributed by atoms with van der Waals surface area (Å²) in [5, 5.41) is -0.0870. The van der Waals surface area contributed by atoms with E-state index in [4.69, 9.17) is 14.2 Å². The van der Waals surface area contributed by atoms with Crippen molar-refractivity contribution in [3.05, 3.63) is 89.5 Å². The summed E-state index contributed by atoms with van der Waals surface area (Å²) in [6, 6.07) is 20.3. The van der Waals surface area contributed by atoms with E-state index in [1.54, 1.807) is 60.7 Å². The Bertz CT molecular complexity index is 1350. The van der Waals surface area contributed by atoms with Gasteiger partial charge >= 0.3 is 11.9 Å². The summed E-state index contributed by atoms with van der Waals surface area (Å²) in [5.41, 5.74) is 1.35. The predicted molar refractivity (Wildman–Crippen MR) is 195 cm³/mol. The van der Waals surface area contributed by atoms with Crippen LogP contribution < -0.4 is 9.47 Å². The van der Waals surface area contributed by atoms with Crippen molar-refractivity contribution in [1.82, 2.24) is 0 Å². The van der Waals surface area contributed by atoms with Gasteiger partial charge < -0.3 is 14.2 Å². The second-order valence-electron chi connectivity index (χ2n) is 12.4. The number of hydrogen-bond acceptors (Lipinski definition) is 7. The molecule has 3 aromatic rings. The van der Waals surface area contributed by atoms with Gasteiger partial charge in [-0.15, -0.1) is 0 Å². The molecule has 0 heterocycles. The van der Waals surface area contributed by atoms with E-state index in [2.05, 4.69) is 13.8 Å². The number of carbonyl (C=O) groups is 3. The molecule has 3 aromatic carbocycles. The molecule has 0 aromatic heterocycles. The summed E-state index contributed by atoms with van der Waals surface area (Å²) in [5.74, 6) is 0.186. The standard InChI is InChI=1S/C41H54O6S/c1-4-6-8-10-11-12-13-14-15-17-31-45-36-25-21-35(22-26-36)41(44)48-38-29-23-34(24-30-38)40(43)47-37-27-19-33(20-28-37)39(42)46-32(3)18-16-9-7-5-2/h19-30,32H,4-18,31H2,1-3H3. The minimum atomic E-state index is -0.526. The van der Waals surface area contributed by atoms with Gasteiger partial charge in [-0.3, -0.25) is 4.79 Å². The largest absolute Gasteiger partial charge is 0.494 e. The van der Waals surface area contributed by atoms with Crippen molar-refractivity contribution in [2.45, 2.75) is 128 Å². The monoisotopic (exact) mass is 674 g/mol. The Hall–Kier alpha value is -3.58. The van der Waals surface area contributed by atoms with Crippen LogP contribution in [0.3, 0.4) is 0 Å². The van der Waals surface area contributed by atoms with Crippen LogP contribution >= 0.6 is 11.8 Å². The van der Waals surface area contributed by atoms with Gasteiger partial charge in [-0.1, -0.05) is 90.9 Å². The number of unbranched alkanes of at least 4 members (excludes halogenated alkanes) is 12. The SMILES string of the molecule is CCCCCCCCCCCCOc1ccc(C(=O)Sc2ccc(C(=O)Oc3ccc(C(=O)OC(C)CCCCCC)cc3)cc2)cc1. The third kappa shape index (κ3) is 15.1. The minimum Gasteiger partial charge on any atom is -0.494 e. The molecule has 3 rings (SSSR count). The second-order valence-corrected chi connectivity index (χ2v) is 13.5. The van der Waals surface area contributed by atoms with Crippen molar-refractivity contribution in [3.8, 4) is 11.5 Å². The zero-order valence-corrected chi connectivity index (χ0v) is 30.0. The second kappa shape index (κ2) is 22.9. The molecule has 0 bridgehead atoms. The van der Waals surface area contributed by atoms with Crippen molar-refractivity contribution < 1.29 is 28.6 Å². The molecule has 1 unspecified atom stereocenters. The molecule has 0 fully saturated rings. The molecule has 0 amide bonds. The molecule has 0 saturated carbocycles. The number of thioether (sulfide) groups is 1. The smallest absolute Gasteiger partial charge is 0.343 e. The van der Waals surface area contributed by atoms with Crippen LogP contribution in [-0.2, 0) is 4.74 Å². The third-order valence-corrected chi connectivity index (χ3v) is 9.16. The van der Waals surface area contributed by atoms with Crippen LogP contribution in [0.5, 0.6) is 11.5 Å². The number of hydrogen-bond donors (Lipinski definition) is 0. The quantitative estimate of drug-likeness (QED) is 0.0428. The normalized spacial score (nSPS) is 11.6. The van der Waals surface area contributed by atoms with Gasteiger partial charge in [0.05, 0.1) is 23.8 Å². The average Bonchev–Trinajstić information content (AvgIpc) is 3.10. The van der Waals surface area contributed by atoms with Gasteiger partial charge in [-0.2, -0.15) is 0 Å². The lowest BCUT2D eigenvalue weighted by atomic mass is 10.1. The molecule has 1 atom stereocenters. The van der Waals surface area contributed by atoms with Crippen molar-refractivity contribution in [3.63, 3.8) is 0 Å². The highest BCUT2D eigenvalue weighted by Gasteiger charge is 2.15. The lowest BCUT2D eigenvalue weighted by Gasteiger charge is -2.13. The average molecular weight is 675 g/mol. The Morgan fingerprint density at radius 1 is 0.562 bits per heavy atom. The van der Waals surface area contributed by atoms with E-state index in [-0.39, 0.29) is 17.2 Å². The van der Waals surface area contributed by atoms with Gasteiger partial charge in [0, 0.05) is 10.5 Å². The molecular weight excluding hydrogens is 621 g/mol. The van der Waals surface area contributed by atoms with Crippen molar-refractivity contribution in [2.24, 2.45) is 0 Å². The molecule has 0 aliphatic carbocycles. The summed E-state index contributed by atoms with van der Waals surface area (Å²) in [6.45, 7) is 7.02. The van der Waals surface area contributed by atoms with E-state index in [1.165, 1.54) is 70.6 Å². The first-order valence-corrected chi connectivity index (χ1v) is 18.8. The third-order valence-electron chi connectivity index (χ3n) is 8.23. The highest BCUT2D eigenvalue weighted by molar-refractivity contribution is 8.14. The van der Waals surface area contributed by atoms with E-state index in [0.29, 0.717) is 29.0 Å². The van der Waals surface area contributed by atoms with Crippen LogP contribution in [0, 0.1) is 0 Å². The summed E-state index contributed by atoms with van der Waals surface area (Å²) < 4.78 is 16.9. The minimum absolute atomic E-state index is 0.0870. The highest BCUT2D eigenvalue weighted by atomic mass is 32.2. The van der Waals surface area contributed by atoms with Crippen LogP contribution in [0.15, 0.2) is 77.7 Å². The molecule has 0 saturated heterocycles. The fourth-order valence-corrected chi connectivity index (χ4v) is 6.03. The number of esters is 2. The lowest BCUT2D eigenvalue weighted by Crippen LogP contribution is -2.15. The zero-order chi connectivity index (χ0) is 34.4. The van der Waals surface area contributed by atoms with E-state index in [9.17, 15) is 14.4 Å². The van der Waals surface area contributed by atoms with Crippen LogP contribution in [0.4, 0.5) is 0 Å². The predicted octanol–water partition coefficient (Wildman–Crippen LogP) is 11.7. The van der Waals surface area contributed by atoms with Crippen LogP contribution in [0.2, 0.25) is 0 Å². The van der Waals surface area contributed by atoms with Crippen LogP contribution in [0.25, 0.3) is 0 Å². The fourth-order valence-electron chi connectivity index (χ4n) is 5.29. The van der Waals surface area contributed by atoms with E-state index in [1.807, 2.05) is 19.1 Å². The summed E-state index contributed by atoms with van der Waals surface area (Å²) in [4.78, 5) is 38.7. The maximum Gasteiger partial charge on any atom is 0.343 e. The van der Waals surface area contributed by atoms with Gasteiger partial charge in [-0.05, 0) is 111 Å². The molecule has 0 spiro atoms. The first-order chi connectivity index (χ1) is 23.4. The molecular formula is C41H54O6S. The Kier molecular flexibility index (Phi) is 18.5. The Morgan fingerprint density at radius 3 is 1.65 bits per heavy atom. The fraction of sp³-hybridized carbons (Fsp3) is 0.488. The van der Waals surface area contributed by atoms with E-state index in [0.717, 1.165) is 48.1 Å². The van der Waals surface area contributed by atoms with Crippen molar-refractivity contribution in [1.29, 1.82) is 0 Å². The first-order valence-electron chi connectivity index (χ1n) is 18.0. The van der Waals surface area contributed by atoms with E-state index < -0.39 is 5.97 Å². The van der Waals surface area contributed by atoms with E-state index >= 15 is 0 Å². The van der Waals surface area contributed by atoms with Gasteiger partial charge in [0.25, 0.3) is 0 Å². The molecule has 0 aliphatic heterocycles. The Morgan fingerprint density at radius 2 is 1.04 bits per heavy atom. The van der Waals surface area contributed by atoms with Gasteiger partial charge in [0.15, 0.2) is 0 Å². The van der Waals surface area contributed by atoms with Crippen molar-refractivity contribution in [2.75, 3.05) is 6.61 Å². The van der Waals surface area contributed by atoms with Crippen molar-refractivity contribution >= 4 is 28.8 Å². The highest BCUT2D eigenvalue weighted by Crippen LogP contribution is 2.25. The number of benzene rings is 3. The maximum atomic E-state index is 12.8. The van der Waals surface area contributed by atoms with Crippen LogP contribution in [-0.4, -0.2) is 29.8 Å². The number of carbonyl (C=O) groups excluding carboxylic acids is 3. The Labute approximate surface area is 292 Å². The summed E-state index contributed by atoms with van der Waals surface area (Å²) in [7, 11) is 0. The number of rotatable bonds is 23. The molecule has 0 N–H and O–H groups in total. The molecule has 260 valence electrons. The molecule has 48 heavy (non-hydrogen) atoms. The molecule has 0 aliphatic rings. The van der Waals surface area contributed by atoms with Gasteiger partial charge in [-0.25, -0.2) is 9.59 Å². The topological polar surface area (TPSA) is 78.9 Å². The number of ether oxygens (including phenoxy) is 3.